The molecule has 0 fully saturated rings. The predicted molar refractivity (Wildman–Crippen MR) is 111 cm³/mol. The molecule has 188 valence electrons. The maximum absolute atomic E-state index is 12.7. The Morgan fingerprint density at radius 3 is 2.17 bits per heavy atom. The molecule has 7 nitrogen and oxygen atoms in total. The van der Waals surface area contributed by atoms with Crippen LogP contribution >= 0.6 is 0 Å². The van der Waals surface area contributed by atoms with Crippen LogP contribution in [0.3, 0.4) is 0 Å². The van der Waals surface area contributed by atoms with Crippen LogP contribution in [0.15, 0.2) is 65.7 Å². The lowest BCUT2D eigenvalue weighted by Crippen LogP contribution is -2.24. The molecule has 0 spiro atoms. The maximum atomic E-state index is 12.7. The van der Waals surface area contributed by atoms with Gasteiger partial charge in [0.25, 0.3) is 0 Å². The lowest BCUT2D eigenvalue weighted by atomic mass is 10.1. The predicted octanol–water partition coefficient (Wildman–Crippen LogP) is 4.50. The Morgan fingerprint density at radius 1 is 0.857 bits per heavy atom. The molecule has 1 heterocycles. The minimum absolute atomic E-state index is 0.00601. The second-order valence-corrected chi connectivity index (χ2v) is 8.73. The van der Waals surface area contributed by atoms with E-state index in [2.05, 4.69) is 19.4 Å². The number of rotatable bonds is 9. The quantitative estimate of drug-likeness (QED) is 0.417. The molecule has 1 N–H and O–H groups in total. The third-order valence-electron chi connectivity index (χ3n) is 4.20. The van der Waals surface area contributed by atoms with E-state index in [9.17, 15) is 34.8 Å². The molecular formula is C21H17F6N3O4S. The third kappa shape index (κ3) is 8.10. The van der Waals surface area contributed by atoms with Gasteiger partial charge in [0.2, 0.25) is 10.0 Å². The molecule has 3 rings (SSSR count). The summed E-state index contributed by atoms with van der Waals surface area (Å²) in [5, 5.41) is 0. The number of hydrogen-bond acceptors (Lipinski definition) is 6. The van der Waals surface area contributed by atoms with E-state index in [4.69, 9.17) is 4.74 Å². The highest BCUT2D eigenvalue weighted by molar-refractivity contribution is 7.89. The highest BCUT2D eigenvalue weighted by Crippen LogP contribution is 2.34. The lowest BCUT2D eigenvalue weighted by Gasteiger charge is -2.15. The van der Waals surface area contributed by atoms with Gasteiger partial charge in [-0.3, -0.25) is 0 Å². The van der Waals surface area contributed by atoms with E-state index in [1.54, 1.807) is 6.07 Å². The van der Waals surface area contributed by atoms with Crippen LogP contribution in [0.1, 0.15) is 5.82 Å². The van der Waals surface area contributed by atoms with Crippen LogP contribution in [0.5, 0.6) is 11.5 Å². The summed E-state index contributed by atoms with van der Waals surface area (Å²) in [5.41, 5.74) is -0.132. The van der Waals surface area contributed by atoms with Crippen molar-refractivity contribution in [3.63, 3.8) is 0 Å². The summed E-state index contributed by atoms with van der Waals surface area (Å²) in [7, 11) is -3.90. The molecule has 35 heavy (non-hydrogen) atoms. The number of alkyl halides is 6. The van der Waals surface area contributed by atoms with Crippen LogP contribution in [0, 0.1) is 0 Å². The van der Waals surface area contributed by atoms with Gasteiger partial charge in [-0.05, 0) is 36.4 Å². The summed E-state index contributed by atoms with van der Waals surface area (Å²) in [6.45, 7) is -3.64. The molecule has 14 heteroatoms. The minimum atomic E-state index is -4.67. The van der Waals surface area contributed by atoms with Crippen LogP contribution in [0.25, 0.3) is 11.3 Å². The fraction of sp³-hybridized carbons (Fsp3) is 0.238. The number of benzene rings is 2. The van der Waals surface area contributed by atoms with Crippen molar-refractivity contribution in [1.29, 1.82) is 0 Å². The Kier molecular flexibility index (Phi) is 7.85. The van der Waals surface area contributed by atoms with Gasteiger partial charge < -0.3 is 9.47 Å². The molecule has 0 aliphatic carbocycles. The normalized spacial score (nSPS) is 12.4. The summed E-state index contributed by atoms with van der Waals surface area (Å²) < 4.78 is 112. The standard InChI is InChI=1S/C21H17F6N3O4S/c22-20(23,24)12-33-14-6-7-18(34-13-21(25,26)27)16(10-14)17-8-9-28-19(30-17)11-29-35(31,32)15-4-2-1-3-5-15/h1-10,29H,11-13H2. The van der Waals surface area contributed by atoms with E-state index in [-0.39, 0.29) is 40.0 Å². The monoisotopic (exact) mass is 521 g/mol. The molecule has 0 aliphatic rings. The number of nitrogens with one attached hydrogen (secondary N) is 1. The number of nitrogens with zero attached hydrogens (tertiary/aromatic N) is 2. The zero-order chi connectivity index (χ0) is 25.7. The number of halogens is 6. The first-order chi connectivity index (χ1) is 16.3. The SMILES string of the molecule is O=S(=O)(NCc1nccc(-c2cc(OCC(F)(F)F)ccc2OCC(F)(F)F)n1)c1ccccc1. The van der Waals surface area contributed by atoms with Gasteiger partial charge in [-0.2, -0.15) is 26.3 Å². The van der Waals surface area contributed by atoms with Crippen molar-refractivity contribution >= 4 is 10.0 Å². The fourth-order valence-corrected chi connectivity index (χ4v) is 3.73. The van der Waals surface area contributed by atoms with Crippen molar-refractivity contribution in [2.45, 2.75) is 23.8 Å². The second-order valence-electron chi connectivity index (χ2n) is 6.96. The lowest BCUT2D eigenvalue weighted by molar-refractivity contribution is -0.154. The average molecular weight is 521 g/mol. The Hall–Kier alpha value is -3.39. The molecule has 0 aliphatic heterocycles. The molecule has 0 unspecified atom stereocenters. The summed E-state index contributed by atoms with van der Waals surface area (Å²) in [6, 6.07) is 11.8. The van der Waals surface area contributed by atoms with E-state index in [0.717, 1.165) is 18.2 Å². The van der Waals surface area contributed by atoms with Crippen LogP contribution in [-0.2, 0) is 16.6 Å². The smallest absolute Gasteiger partial charge is 0.422 e. The van der Waals surface area contributed by atoms with Crippen molar-refractivity contribution < 1.29 is 44.2 Å². The molecule has 0 saturated heterocycles. The Labute approximate surface area is 195 Å². The van der Waals surface area contributed by atoms with Crippen LogP contribution < -0.4 is 14.2 Å². The number of hydrogen-bond donors (Lipinski definition) is 1. The second kappa shape index (κ2) is 10.5. The minimum Gasteiger partial charge on any atom is -0.484 e. The maximum Gasteiger partial charge on any atom is 0.422 e. The fourth-order valence-electron chi connectivity index (χ4n) is 2.73. The Bertz CT molecular complexity index is 1250. The highest BCUT2D eigenvalue weighted by Gasteiger charge is 2.30. The Balaban J connectivity index is 1.87. The molecular weight excluding hydrogens is 504 g/mol. The van der Waals surface area contributed by atoms with Gasteiger partial charge in [-0.15, -0.1) is 0 Å². The van der Waals surface area contributed by atoms with Gasteiger partial charge >= 0.3 is 12.4 Å². The molecule has 0 radical (unpaired) electrons. The van der Waals surface area contributed by atoms with Gasteiger partial charge in [-0.25, -0.2) is 23.1 Å². The zero-order valence-corrected chi connectivity index (χ0v) is 18.4. The van der Waals surface area contributed by atoms with Crippen molar-refractivity contribution in [1.82, 2.24) is 14.7 Å². The number of ether oxygens (including phenoxy) is 2. The van der Waals surface area contributed by atoms with Gasteiger partial charge in [0.05, 0.1) is 17.1 Å². The topological polar surface area (TPSA) is 90.4 Å². The van der Waals surface area contributed by atoms with Crippen LogP contribution in [0.2, 0.25) is 0 Å². The number of aromatic nitrogens is 2. The van der Waals surface area contributed by atoms with Crippen molar-refractivity contribution in [3.8, 4) is 22.8 Å². The number of sulfonamides is 1. The van der Waals surface area contributed by atoms with Crippen molar-refractivity contribution in [2.75, 3.05) is 13.2 Å². The summed E-state index contributed by atoms with van der Waals surface area (Å²) >= 11 is 0. The molecule has 3 aromatic rings. The van der Waals surface area contributed by atoms with E-state index in [1.807, 2.05) is 0 Å². The van der Waals surface area contributed by atoms with E-state index < -0.39 is 35.6 Å². The van der Waals surface area contributed by atoms with Crippen LogP contribution in [-0.4, -0.2) is 44.0 Å². The molecule has 2 aromatic carbocycles. The molecule has 0 bridgehead atoms. The van der Waals surface area contributed by atoms with E-state index in [1.165, 1.54) is 36.5 Å². The highest BCUT2D eigenvalue weighted by atomic mass is 32.2. The summed E-state index contributed by atoms with van der Waals surface area (Å²) in [6.07, 6.45) is -8.09. The molecule has 0 amide bonds. The van der Waals surface area contributed by atoms with Gasteiger partial charge in [-0.1, -0.05) is 18.2 Å². The van der Waals surface area contributed by atoms with Gasteiger partial charge in [0.1, 0.15) is 17.3 Å². The molecule has 0 saturated carbocycles. The Morgan fingerprint density at radius 2 is 1.51 bits per heavy atom. The summed E-state index contributed by atoms with van der Waals surface area (Å²) in [5.74, 6) is -0.664. The molecule has 0 atom stereocenters. The van der Waals surface area contributed by atoms with Crippen molar-refractivity contribution in [3.05, 3.63) is 66.6 Å². The summed E-state index contributed by atoms with van der Waals surface area (Å²) in [4.78, 5) is 8.04. The zero-order valence-electron chi connectivity index (χ0n) is 17.6. The first-order valence-corrected chi connectivity index (χ1v) is 11.2. The van der Waals surface area contributed by atoms with Crippen molar-refractivity contribution in [2.24, 2.45) is 0 Å². The average Bonchev–Trinajstić information content (AvgIpc) is 2.80. The largest absolute Gasteiger partial charge is 0.484 e. The van der Waals surface area contributed by atoms with Crippen LogP contribution in [0.4, 0.5) is 26.3 Å². The first kappa shape index (κ1) is 26.2. The third-order valence-corrected chi connectivity index (χ3v) is 5.62. The van der Waals surface area contributed by atoms with Gasteiger partial charge in [0, 0.05) is 11.8 Å². The first-order valence-electron chi connectivity index (χ1n) is 9.73. The molecule has 1 aromatic heterocycles. The van der Waals surface area contributed by atoms with Gasteiger partial charge in [0.15, 0.2) is 13.2 Å². The van der Waals surface area contributed by atoms with E-state index in [0.29, 0.717) is 0 Å². The van der Waals surface area contributed by atoms with E-state index >= 15 is 0 Å².